The van der Waals surface area contributed by atoms with Gasteiger partial charge in [-0.25, -0.2) is 9.36 Å². The Morgan fingerprint density at radius 1 is 1.06 bits per heavy atom. The monoisotopic (exact) mass is 312 g/mol. The number of rotatable bonds is 7. The van der Waals surface area contributed by atoms with Gasteiger partial charge in [0.1, 0.15) is 0 Å². The second kappa shape index (κ2) is 7.67. The van der Waals surface area contributed by atoms with E-state index in [0.717, 1.165) is 0 Å². The van der Waals surface area contributed by atoms with Gasteiger partial charge in [0.25, 0.3) is 0 Å². The zero-order valence-electron chi connectivity index (χ0n) is 10.1. The Balaban J connectivity index is -0.00000128. The van der Waals surface area contributed by atoms with Gasteiger partial charge in [0.15, 0.2) is 5.60 Å². The van der Waals surface area contributed by atoms with Crippen molar-refractivity contribution in [1.82, 2.24) is 0 Å². The van der Waals surface area contributed by atoms with E-state index in [2.05, 4.69) is 4.52 Å². The Hall–Kier alpha value is 0.156. The molecule has 0 aliphatic heterocycles. The maximum atomic E-state index is 10.8. The zero-order chi connectivity index (χ0) is 13.9. The topological polar surface area (TPSA) is 179 Å². The van der Waals surface area contributed by atoms with E-state index in [9.17, 15) is 18.9 Å². The summed E-state index contributed by atoms with van der Waals surface area (Å²) in [5.74, 6) is -5.64. The van der Waals surface area contributed by atoms with Gasteiger partial charge in [0.05, 0.1) is 12.8 Å². The van der Waals surface area contributed by atoms with Gasteiger partial charge in [-0.3, -0.25) is 14.1 Å². The Bertz CT molecular complexity index is 375. The van der Waals surface area contributed by atoms with Gasteiger partial charge in [-0.1, -0.05) is 0 Å². The number of aliphatic carboxylic acids is 3. The molecule has 0 aromatic rings. The van der Waals surface area contributed by atoms with Crippen LogP contribution in [0.1, 0.15) is 14.3 Å². The summed E-state index contributed by atoms with van der Waals surface area (Å²) in [6, 6.07) is 0. The molecule has 0 fully saturated rings. The molecule has 100 valence electrons. The molecule has 0 saturated heterocycles. The van der Waals surface area contributed by atoms with Crippen molar-refractivity contribution >= 4 is 25.7 Å². The van der Waals surface area contributed by atoms with Crippen LogP contribution >= 0.6 is 7.82 Å². The van der Waals surface area contributed by atoms with E-state index < -0.39 is 44.2 Å². The van der Waals surface area contributed by atoms with Crippen molar-refractivity contribution < 1.29 is 101 Å². The molecule has 0 spiro atoms. The van der Waals surface area contributed by atoms with Crippen LogP contribution in [0.4, 0.5) is 0 Å². The van der Waals surface area contributed by atoms with Crippen LogP contribution in [0.5, 0.6) is 0 Å². The molecule has 0 amide bonds. The molecule has 0 rings (SSSR count). The summed E-state index contributed by atoms with van der Waals surface area (Å²) in [5.41, 5.74) is -3.02. The summed E-state index contributed by atoms with van der Waals surface area (Å²) in [6.45, 7) is 0. The first-order valence-electron chi connectivity index (χ1n) is 3.92. The fourth-order valence-corrected chi connectivity index (χ4v) is 1.70. The largest absolute Gasteiger partial charge is 1.00 e. The van der Waals surface area contributed by atoms with E-state index in [0.29, 0.717) is 0 Å². The molecule has 0 bridgehead atoms. The van der Waals surface area contributed by atoms with Gasteiger partial charge in [0, 0.05) is 0 Å². The van der Waals surface area contributed by atoms with Gasteiger partial charge in [-0.05, 0) is 0 Å². The van der Waals surface area contributed by atoms with Crippen LogP contribution in [-0.4, -0.2) is 48.6 Å². The average Bonchev–Trinajstić information content (AvgIpc) is 1.96. The first-order valence-corrected chi connectivity index (χ1v) is 5.45. The average molecular weight is 312 g/mol. The number of carboxylic acids is 3. The fourth-order valence-electron chi connectivity index (χ4n) is 1.03. The Labute approximate surface area is 144 Å². The zero-order valence-corrected chi connectivity index (χ0v) is 13.2. The van der Waals surface area contributed by atoms with E-state index in [1.807, 2.05) is 0 Å². The molecular weight excluding hydrogens is 302 g/mol. The molecule has 18 heavy (non-hydrogen) atoms. The van der Waals surface area contributed by atoms with E-state index in [4.69, 9.17) is 25.1 Å². The van der Waals surface area contributed by atoms with E-state index >= 15 is 0 Å². The van der Waals surface area contributed by atoms with E-state index in [-0.39, 0.29) is 52.8 Å². The van der Waals surface area contributed by atoms with Crippen LogP contribution in [-0.2, 0) is 23.5 Å². The van der Waals surface area contributed by atoms with Crippen LogP contribution in [0, 0.1) is 0 Å². The Morgan fingerprint density at radius 3 is 1.56 bits per heavy atom. The fraction of sp³-hybridized carbons (Fsp3) is 0.500. The van der Waals surface area contributed by atoms with Gasteiger partial charge in [-0.15, -0.1) is 0 Å². The SMILES string of the molecule is O=C(O)CC(CC(=O)O)(OP(=O)(O)O)C(=O)O.[H-].[K+]. The van der Waals surface area contributed by atoms with Gasteiger partial charge < -0.3 is 26.5 Å². The molecule has 0 unspecified atom stereocenters. The third kappa shape index (κ3) is 7.56. The summed E-state index contributed by atoms with van der Waals surface area (Å²) in [6.07, 6.45) is -2.81. The predicted molar refractivity (Wildman–Crippen MR) is 49.1 cm³/mol. The molecule has 0 radical (unpaired) electrons. The van der Waals surface area contributed by atoms with Crippen molar-refractivity contribution in [3.8, 4) is 0 Å². The van der Waals surface area contributed by atoms with Crippen LogP contribution < -0.4 is 51.4 Å². The van der Waals surface area contributed by atoms with Crippen molar-refractivity contribution in [3.05, 3.63) is 0 Å². The van der Waals surface area contributed by atoms with Crippen molar-refractivity contribution in [2.75, 3.05) is 0 Å². The smallest absolute Gasteiger partial charge is 1.00 e. The standard InChI is InChI=1S/C6H9O10P.K.H/c7-3(8)1-6(5(11)12,2-4(9)10)16-17(13,14)15;;/h1-2H2,(H,7,8)(H,9,10)(H,11,12)(H2,13,14,15);;/q;+1;-1. The van der Waals surface area contributed by atoms with Crippen molar-refractivity contribution in [3.63, 3.8) is 0 Å². The minimum absolute atomic E-state index is 0. The molecule has 0 aliphatic rings. The van der Waals surface area contributed by atoms with Crippen LogP contribution in [0.3, 0.4) is 0 Å². The normalized spacial score (nSPS) is 11.4. The van der Waals surface area contributed by atoms with Gasteiger partial charge in [-0.2, -0.15) is 0 Å². The first kappa shape index (κ1) is 20.5. The second-order valence-corrected chi connectivity index (χ2v) is 4.19. The summed E-state index contributed by atoms with van der Waals surface area (Å²) < 4.78 is 14.4. The number of carbonyl (C=O) groups is 3. The van der Waals surface area contributed by atoms with Crippen molar-refractivity contribution in [2.24, 2.45) is 0 Å². The summed E-state index contributed by atoms with van der Waals surface area (Å²) in [4.78, 5) is 48.5. The summed E-state index contributed by atoms with van der Waals surface area (Å²) >= 11 is 0. The number of hydrogen-bond donors (Lipinski definition) is 5. The number of phosphoric ester groups is 1. The molecule has 0 aliphatic carbocycles. The number of hydrogen-bond acceptors (Lipinski definition) is 5. The third-order valence-electron chi connectivity index (χ3n) is 1.56. The minimum atomic E-state index is -5.36. The quantitative estimate of drug-likeness (QED) is 0.229. The molecule has 5 N–H and O–H groups in total. The molecular formula is C6H10KO10P. The van der Waals surface area contributed by atoms with Crippen molar-refractivity contribution in [1.29, 1.82) is 0 Å². The number of phosphoric acid groups is 1. The van der Waals surface area contributed by atoms with Crippen LogP contribution in [0.2, 0.25) is 0 Å². The Morgan fingerprint density at radius 2 is 1.39 bits per heavy atom. The second-order valence-electron chi connectivity index (χ2n) is 3.02. The molecule has 0 atom stereocenters. The molecule has 0 heterocycles. The molecule has 0 aromatic carbocycles. The third-order valence-corrected chi connectivity index (χ3v) is 2.14. The minimum Gasteiger partial charge on any atom is -1.00 e. The molecule has 0 saturated carbocycles. The summed E-state index contributed by atoms with van der Waals surface area (Å²) in [7, 11) is -5.36. The Kier molecular flexibility index (Phi) is 8.73. The number of carboxylic acid groups (broad SMARTS) is 3. The van der Waals surface area contributed by atoms with Gasteiger partial charge >= 0.3 is 77.1 Å². The summed E-state index contributed by atoms with van der Waals surface area (Å²) in [5, 5.41) is 25.5. The van der Waals surface area contributed by atoms with Gasteiger partial charge in [0.2, 0.25) is 0 Å². The van der Waals surface area contributed by atoms with Crippen LogP contribution in [0.15, 0.2) is 0 Å². The molecule has 10 nitrogen and oxygen atoms in total. The van der Waals surface area contributed by atoms with Crippen molar-refractivity contribution in [2.45, 2.75) is 18.4 Å². The first-order chi connectivity index (χ1) is 7.48. The predicted octanol–water partition coefficient (Wildman–Crippen LogP) is -4.01. The molecule has 12 heteroatoms. The van der Waals surface area contributed by atoms with E-state index in [1.54, 1.807) is 0 Å². The van der Waals surface area contributed by atoms with Crippen LogP contribution in [0.25, 0.3) is 0 Å². The molecule has 0 aromatic heterocycles. The van der Waals surface area contributed by atoms with E-state index in [1.165, 1.54) is 0 Å². The maximum Gasteiger partial charge on any atom is 1.00 e. The maximum absolute atomic E-state index is 10.8.